The van der Waals surface area contributed by atoms with Crippen LogP contribution in [0.15, 0.2) is 48.7 Å². The van der Waals surface area contributed by atoms with Crippen molar-refractivity contribution in [2.75, 3.05) is 6.54 Å². The van der Waals surface area contributed by atoms with Crippen LogP contribution in [0, 0.1) is 0 Å². The normalized spacial score (nSPS) is 16.2. The summed E-state index contributed by atoms with van der Waals surface area (Å²) in [5, 5.41) is 6.88. The van der Waals surface area contributed by atoms with Crippen molar-refractivity contribution in [3.63, 3.8) is 0 Å². The molecule has 1 saturated carbocycles. The summed E-state index contributed by atoms with van der Waals surface area (Å²) in [5.74, 6) is -0.205. The van der Waals surface area contributed by atoms with Crippen LogP contribution < -0.4 is 10.6 Å². The van der Waals surface area contributed by atoms with Gasteiger partial charge in [0.15, 0.2) is 0 Å². The van der Waals surface area contributed by atoms with E-state index in [1.807, 2.05) is 38.1 Å². The first kappa shape index (κ1) is 24.3. The smallest absolute Gasteiger partial charge is 0.268 e. The van der Waals surface area contributed by atoms with Crippen LogP contribution in [0.1, 0.15) is 74.1 Å². The Kier molecular flexibility index (Phi) is 7.57. The minimum absolute atomic E-state index is 0.0639. The van der Waals surface area contributed by atoms with Crippen LogP contribution in [-0.4, -0.2) is 33.8 Å². The Balaban J connectivity index is 1.51. The number of rotatable bonds is 8. The summed E-state index contributed by atoms with van der Waals surface area (Å²) >= 11 is 6.12. The molecule has 1 fully saturated rings. The van der Waals surface area contributed by atoms with E-state index in [0.29, 0.717) is 23.6 Å². The number of nitrogens with one attached hydrogen (secondary N) is 2. The van der Waals surface area contributed by atoms with Gasteiger partial charge in [0.05, 0.1) is 12.1 Å². The van der Waals surface area contributed by atoms with E-state index >= 15 is 0 Å². The Morgan fingerprint density at radius 1 is 1.12 bits per heavy atom. The second-order valence-corrected chi connectivity index (χ2v) is 9.89. The predicted molar refractivity (Wildman–Crippen MR) is 135 cm³/mol. The number of aromatic nitrogens is 2. The quantitative estimate of drug-likeness (QED) is 0.472. The number of hydrogen-bond acceptors (Lipinski definition) is 3. The number of hydrogen-bond donors (Lipinski definition) is 2. The number of nitrogens with zero attached hydrogens (tertiary/aromatic N) is 2. The highest BCUT2D eigenvalue weighted by atomic mass is 35.5. The van der Waals surface area contributed by atoms with Crippen LogP contribution in [0.2, 0.25) is 5.02 Å². The van der Waals surface area contributed by atoms with Crippen molar-refractivity contribution in [2.45, 2.75) is 70.3 Å². The molecular weight excluding hydrogens is 448 g/mol. The van der Waals surface area contributed by atoms with Gasteiger partial charge in [-0.05, 0) is 56.0 Å². The monoisotopic (exact) mass is 480 g/mol. The van der Waals surface area contributed by atoms with E-state index in [-0.39, 0.29) is 29.7 Å². The molecule has 1 aliphatic rings. The van der Waals surface area contributed by atoms with Crippen molar-refractivity contribution in [3.8, 4) is 0 Å². The second kappa shape index (κ2) is 10.6. The molecule has 1 atom stereocenters. The third kappa shape index (κ3) is 5.44. The number of pyridine rings is 1. The van der Waals surface area contributed by atoms with E-state index in [2.05, 4.69) is 27.8 Å². The van der Waals surface area contributed by atoms with Crippen molar-refractivity contribution in [3.05, 3.63) is 70.6 Å². The zero-order valence-corrected chi connectivity index (χ0v) is 20.7. The van der Waals surface area contributed by atoms with Crippen molar-refractivity contribution in [1.82, 2.24) is 20.0 Å². The van der Waals surface area contributed by atoms with Gasteiger partial charge >= 0.3 is 0 Å². The standard InChI is InChI=1S/C27H33ClN4O2/c1-3-19(2)30-25(33)16-22-17-32-23(8-7-9-24(32)31-22)26(34)29-18-27(14-5-4-6-15-27)20-10-12-21(28)13-11-20/h7-13,17,19H,3-6,14-16,18H2,1-2H3,(H,29,34)(H,30,33). The summed E-state index contributed by atoms with van der Waals surface area (Å²) in [7, 11) is 0. The summed E-state index contributed by atoms with van der Waals surface area (Å²) in [6.07, 6.45) is 8.46. The van der Waals surface area contributed by atoms with Gasteiger partial charge in [-0.1, -0.05) is 56.0 Å². The molecule has 1 aromatic carbocycles. The molecule has 2 amide bonds. The van der Waals surface area contributed by atoms with Crippen LogP contribution in [0.25, 0.3) is 5.65 Å². The molecule has 2 aromatic heterocycles. The van der Waals surface area contributed by atoms with E-state index in [0.717, 1.165) is 37.1 Å². The van der Waals surface area contributed by atoms with Gasteiger partial charge in [-0.3, -0.25) is 14.0 Å². The lowest BCUT2D eigenvalue weighted by atomic mass is 9.69. The predicted octanol–water partition coefficient (Wildman–Crippen LogP) is 5.08. The number of halogens is 1. The lowest BCUT2D eigenvalue weighted by molar-refractivity contribution is -0.121. The van der Waals surface area contributed by atoms with Gasteiger partial charge in [0.2, 0.25) is 5.91 Å². The highest BCUT2D eigenvalue weighted by molar-refractivity contribution is 6.30. The Hall–Kier alpha value is -2.86. The van der Waals surface area contributed by atoms with Gasteiger partial charge in [0, 0.05) is 29.2 Å². The highest BCUT2D eigenvalue weighted by Gasteiger charge is 2.34. The fraction of sp³-hybridized carbons (Fsp3) is 0.444. The van der Waals surface area contributed by atoms with Gasteiger partial charge in [0.1, 0.15) is 11.3 Å². The number of imidazole rings is 1. The van der Waals surface area contributed by atoms with Crippen LogP contribution in [0.4, 0.5) is 0 Å². The summed E-state index contributed by atoms with van der Waals surface area (Å²) < 4.78 is 1.77. The minimum Gasteiger partial charge on any atom is -0.353 e. The van der Waals surface area contributed by atoms with E-state index < -0.39 is 0 Å². The maximum absolute atomic E-state index is 13.3. The second-order valence-electron chi connectivity index (χ2n) is 9.46. The fourth-order valence-electron chi connectivity index (χ4n) is 4.86. The lowest BCUT2D eigenvalue weighted by Gasteiger charge is -2.38. The van der Waals surface area contributed by atoms with Crippen molar-refractivity contribution in [1.29, 1.82) is 0 Å². The molecule has 34 heavy (non-hydrogen) atoms. The maximum atomic E-state index is 13.3. The van der Waals surface area contributed by atoms with Crippen molar-refractivity contribution >= 4 is 29.1 Å². The minimum atomic E-state index is -0.141. The zero-order chi connectivity index (χ0) is 24.1. The summed E-state index contributed by atoms with van der Waals surface area (Å²) in [6, 6.07) is 13.6. The lowest BCUT2D eigenvalue weighted by Crippen LogP contribution is -2.42. The fourth-order valence-corrected chi connectivity index (χ4v) is 4.99. The molecule has 0 saturated heterocycles. The topological polar surface area (TPSA) is 75.5 Å². The Bertz CT molecular complexity index is 1150. The molecule has 3 aromatic rings. The molecule has 0 spiro atoms. The molecule has 0 bridgehead atoms. The van der Waals surface area contributed by atoms with Crippen LogP contribution in [-0.2, 0) is 16.6 Å². The molecule has 1 aliphatic carbocycles. The van der Waals surface area contributed by atoms with Crippen molar-refractivity contribution in [2.24, 2.45) is 0 Å². The Labute approximate surface area is 206 Å². The van der Waals surface area contributed by atoms with Crippen LogP contribution in [0.3, 0.4) is 0 Å². The maximum Gasteiger partial charge on any atom is 0.268 e. The molecule has 0 radical (unpaired) electrons. The van der Waals surface area contributed by atoms with Crippen LogP contribution >= 0.6 is 11.6 Å². The highest BCUT2D eigenvalue weighted by Crippen LogP contribution is 2.39. The molecule has 7 heteroatoms. The zero-order valence-electron chi connectivity index (χ0n) is 19.9. The Morgan fingerprint density at radius 2 is 1.85 bits per heavy atom. The van der Waals surface area contributed by atoms with E-state index in [1.54, 1.807) is 16.7 Å². The number of benzene rings is 1. The first-order chi connectivity index (χ1) is 16.4. The van der Waals surface area contributed by atoms with Gasteiger partial charge < -0.3 is 10.6 Å². The summed E-state index contributed by atoms with van der Waals surface area (Å²) in [5.41, 5.74) is 2.96. The van der Waals surface area contributed by atoms with Gasteiger partial charge in [-0.15, -0.1) is 0 Å². The van der Waals surface area contributed by atoms with E-state index in [9.17, 15) is 9.59 Å². The molecule has 4 rings (SSSR count). The Morgan fingerprint density at radius 3 is 2.56 bits per heavy atom. The number of fused-ring (bicyclic) bond motifs is 1. The van der Waals surface area contributed by atoms with Gasteiger partial charge in [-0.25, -0.2) is 4.98 Å². The van der Waals surface area contributed by atoms with Gasteiger partial charge in [-0.2, -0.15) is 0 Å². The van der Waals surface area contributed by atoms with Gasteiger partial charge in [0.25, 0.3) is 5.91 Å². The molecule has 6 nitrogen and oxygen atoms in total. The number of carbonyl (C=O) groups is 2. The molecular formula is C27H33ClN4O2. The van der Waals surface area contributed by atoms with E-state index in [1.165, 1.54) is 12.0 Å². The molecule has 2 heterocycles. The largest absolute Gasteiger partial charge is 0.353 e. The number of carbonyl (C=O) groups excluding carboxylic acids is 2. The SMILES string of the molecule is CCC(C)NC(=O)Cc1cn2c(C(=O)NCC3(c4ccc(Cl)cc4)CCCCC3)cccc2n1. The average molecular weight is 481 g/mol. The first-order valence-electron chi connectivity index (χ1n) is 12.2. The van der Waals surface area contributed by atoms with Crippen molar-refractivity contribution < 1.29 is 9.59 Å². The first-order valence-corrected chi connectivity index (χ1v) is 12.6. The molecule has 2 N–H and O–H groups in total. The third-order valence-corrected chi connectivity index (χ3v) is 7.24. The molecule has 1 unspecified atom stereocenters. The molecule has 0 aliphatic heterocycles. The molecule has 180 valence electrons. The number of amides is 2. The van der Waals surface area contributed by atoms with Crippen LogP contribution in [0.5, 0.6) is 0 Å². The summed E-state index contributed by atoms with van der Waals surface area (Å²) in [4.78, 5) is 30.1. The summed E-state index contributed by atoms with van der Waals surface area (Å²) in [6.45, 7) is 4.58. The average Bonchev–Trinajstić information content (AvgIpc) is 3.25. The van der Waals surface area contributed by atoms with E-state index in [4.69, 9.17) is 11.6 Å². The third-order valence-electron chi connectivity index (χ3n) is 6.99.